The summed E-state index contributed by atoms with van der Waals surface area (Å²) in [6.45, 7) is 7.00. The summed E-state index contributed by atoms with van der Waals surface area (Å²) in [4.78, 5) is 9.72. The Morgan fingerprint density at radius 2 is 1.69 bits per heavy atom. The summed E-state index contributed by atoms with van der Waals surface area (Å²) in [6, 6.07) is 19.7. The van der Waals surface area contributed by atoms with E-state index in [1.54, 1.807) is 0 Å². The average molecular weight is 343 g/mol. The Hall–Kier alpha value is -2.55. The number of hydrogen-bond donors (Lipinski definition) is 0. The van der Waals surface area contributed by atoms with Gasteiger partial charge in [-0.3, -0.25) is 4.99 Å². The van der Waals surface area contributed by atoms with Crippen molar-refractivity contribution in [3.05, 3.63) is 71.9 Å². The number of aliphatic imine (C=N–C) groups is 1. The van der Waals surface area contributed by atoms with Gasteiger partial charge in [0.05, 0.1) is 5.70 Å². The van der Waals surface area contributed by atoms with Crippen LogP contribution in [0.3, 0.4) is 0 Å². The highest BCUT2D eigenvalue weighted by atomic mass is 15.5. The number of allylic oxidation sites excluding steroid dienone is 1. The predicted molar refractivity (Wildman–Crippen MR) is 109 cm³/mol. The van der Waals surface area contributed by atoms with Crippen LogP contribution in [0.4, 0.5) is 11.4 Å². The molecule has 26 heavy (non-hydrogen) atoms. The lowest BCUT2D eigenvalue weighted by atomic mass is 9.81. The Bertz CT molecular complexity index is 945. The van der Waals surface area contributed by atoms with Crippen LogP contribution in [0.1, 0.15) is 32.8 Å². The summed E-state index contributed by atoms with van der Waals surface area (Å²) in [5.41, 5.74) is 5.64. The van der Waals surface area contributed by atoms with E-state index in [9.17, 15) is 0 Å². The third-order valence-electron chi connectivity index (χ3n) is 6.91. The molecule has 0 spiro atoms. The number of benzene rings is 2. The maximum absolute atomic E-state index is 4.74. The van der Waals surface area contributed by atoms with Gasteiger partial charge < -0.3 is 9.80 Å². The molecule has 1 aliphatic carbocycles. The fourth-order valence-corrected chi connectivity index (χ4v) is 5.39. The van der Waals surface area contributed by atoms with E-state index >= 15 is 0 Å². The lowest BCUT2D eigenvalue weighted by Crippen LogP contribution is -2.51. The molecule has 0 bridgehead atoms. The van der Waals surface area contributed by atoms with Gasteiger partial charge in [0.2, 0.25) is 0 Å². The molecule has 2 fully saturated rings. The van der Waals surface area contributed by atoms with E-state index in [4.69, 9.17) is 4.99 Å². The summed E-state index contributed by atoms with van der Waals surface area (Å²) in [6.07, 6.45) is 3.67. The standard InChI is InChI=1S/C23H25N3/c1-5-18-20(24-4)26-19-14-10-9-13-17(19)22(2)15-23(22,3)21(26)25(18)16-11-7-6-8-12-16/h5-14,21H,15H2,1-4H3/b18-5+,24-20+. The molecule has 0 radical (unpaired) electrons. The van der Waals surface area contributed by atoms with E-state index in [0.717, 1.165) is 5.84 Å². The second kappa shape index (κ2) is 5.00. The molecule has 0 aromatic heterocycles. The number of fused-ring (bicyclic) bond motifs is 6. The van der Waals surface area contributed by atoms with Crippen molar-refractivity contribution < 1.29 is 0 Å². The molecule has 1 saturated carbocycles. The maximum Gasteiger partial charge on any atom is 0.153 e. The second-order valence-electron chi connectivity index (χ2n) is 8.11. The molecule has 3 atom stereocenters. The van der Waals surface area contributed by atoms with Gasteiger partial charge in [0.25, 0.3) is 0 Å². The minimum absolute atomic E-state index is 0.192. The van der Waals surface area contributed by atoms with Crippen LogP contribution in [0.2, 0.25) is 0 Å². The van der Waals surface area contributed by atoms with Gasteiger partial charge in [-0.25, -0.2) is 0 Å². The van der Waals surface area contributed by atoms with E-state index < -0.39 is 0 Å². The maximum atomic E-state index is 4.74. The quantitative estimate of drug-likeness (QED) is 0.729. The van der Waals surface area contributed by atoms with E-state index in [1.807, 2.05) is 7.05 Å². The molecule has 0 N–H and O–H groups in total. The van der Waals surface area contributed by atoms with Crippen molar-refractivity contribution in [1.29, 1.82) is 0 Å². The first-order valence-corrected chi connectivity index (χ1v) is 9.43. The van der Waals surface area contributed by atoms with Crippen LogP contribution in [0, 0.1) is 5.41 Å². The van der Waals surface area contributed by atoms with Gasteiger partial charge in [-0.2, -0.15) is 0 Å². The number of hydrogen-bond acceptors (Lipinski definition) is 2. The highest BCUT2D eigenvalue weighted by molar-refractivity contribution is 6.17. The zero-order valence-corrected chi connectivity index (χ0v) is 15.9. The van der Waals surface area contributed by atoms with E-state index in [0.29, 0.717) is 0 Å². The van der Waals surface area contributed by atoms with Crippen molar-refractivity contribution in [3.8, 4) is 0 Å². The van der Waals surface area contributed by atoms with Crippen LogP contribution in [0.5, 0.6) is 0 Å². The number of amidine groups is 1. The molecular formula is C23H25N3. The molecule has 3 unspecified atom stereocenters. The van der Waals surface area contributed by atoms with Crippen LogP contribution in [0.15, 0.2) is 71.4 Å². The third kappa shape index (κ3) is 1.66. The highest BCUT2D eigenvalue weighted by Crippen LogP contribution is 2.73. The van der Waals surface area contributed by atoms with Crippen LogP contribution in [-0.4, -0.2) is 19.0 Å². The number of nitrogens with zero attached hydrogens (tertiary/aromatic N) is 3. The zero-order valence-electron chi connectivity index (χ0n) is 15.9. The molecule has 1 saturated heterocycles. The van der Waals surface area contributed by atoms with Crippen LogP contribution >= 0.6 is 0 Å². The summed E-state index contributed by atoms with van der Waals surface area (Å²) >= 11 is 0. The third-order valence-corrected chi connectivity index (χ3v) is 6.91. The molecule has 3 heteroatoms. The smallest absolute Gasteiger partial charge is 0.153 e. The first kappa shape index (κ1) is 15.7. The fourth-order valence-electron chi connectivity index (χ4n) is 5.39. The molecule has 0 amide bonds. The van der Waals surface area contributed by atoms with Gasteiger partial charge >= 0.3 is 0 Å². The molecule has 2 aliphatic heterocycles. The van der Waals surface area contributed by atoms with Crippen molar-refractivity contribution in [2.45, 2.75) is 38.8 Å². The average Bonchev–Trinajstić information content (AvgIpc) is 3.11. The summed E-state index contributed by atoms with van der Waals surface area (Å²) < 4.78 is 0. The fraction of sp³-hybridized carbons (Fsp3) is 0.348. The SMILES string of the molecule is C/C=C1\C(=N/C)N2c3ccccc3C3(C)CC3(C)C2N1c1ccccc1. The highest BCUT2D eigenvalue weighted by Gasteiger charge is 2.73. The normalized spacial score (nSPS) is 34.7. The van der Waals surface area contributed by atoms with Crippen molar-refractivity contribution in [2.24, 2.45) is 10.4 Å². The molecule has 2 aromatic rings. The van der Waals surface area contributed by atoms with Gasteiger partial charge in [0.1, 0.15) is 6.17 Å². The predicted octanol–water partition coefficient (Wildman–Crippen LogP) is 4.95. The van der Waals surface area contributed by atoms with Gasteiger partial charge in [0, 0.05) is 29.3 Å². The minimum Gasteiger partial charge on any atom is -0.317 e. The van der Waals surface area contributed by atoms with Crippen LogP contribution in [-0.2, 0) is 5.41 Å². The van der Waals surface area contributed by atoms with Gasteiger partial charge in [-0.15, -0.1) is 0 Å². The first-order valence-electron chi connectivity index (χ1n) is 9.43. The van der Waals surface area contributed by atoms with E-state index in [-0.39, 0.29) is 17.0 Å². The van der Waals surface area contributed by atoms with Crippen LogP contribution < -0.4 is 9.80 Å². The van der Waals surface area contributed by atoms with E-state index in [2.05, 4.69) is 91.2 Å². The Balaban J connectivity index is 1.80. The Morgan fingerprint density at radius 3 is 2.38 bits per heavy atom. The summed E-state index contributed by atoms with van der Waals surface area (Å²) in [5.74, 6) is 1.07. The molecule has 2 aromatic carbocycles. The van der Waals surface area contributed by atoms with Crippen molar-refractivity contribution in [1.82, 2.24) is 0 Å². The monoisotopic (exact) mass is 343 g/mol. The van der Waals surface area contributed by atoms with Gasteiger partial charge in [0.15, 0.2) is 5.84 Å². The van der Waals surface area contributed by atoms with Crippen molar-refractivity contribution in [2.75, 3.05) is 16.8 Å². The Morgan fingerprint density at radius 1 is 1.00 bits per heavy atom. The Kier molecular flexibility index (Phi) is 3.02. The lowest BCUT2D eigenvalue weighted by molar-refractivity contribution is 0.374. The van der Waals surface area contributed by atoms with Crippen molar-refractivity contribution in [3.63, 3.8) is 0 Å². The van der Waals surface area contributed by atoms with Crippen molar-refractivity contribution >= 4 is 17.2 Å². The first-order chi connectivity index (χ1) is 12.6. The molecule has 3 nitrogen and oxygen atoms in total. The molecule has 2 heterocycles. The minimum atomic E-state index is 0.192. The molecular weight excluding hydrogens is 318 g/mol. The largest absolute Gasteiger partial charge is 0.317 e. The number of rotatable bonds is 1. The number of anilines is 2. The molecule has 5 rings (SSSR count). The molecule has 132 valence electrons. The lowest BCUT2D eigenvalue weighted by Gasteiger charge is -2.43. The van der Waals surface area contributed by atoms with Gasteiger partial charge in [-0.05, 0) is 37.1 Å². The second-order valence-corrected chi connectivity index (χ2v) is 8.11. The summed E-state index contributed by atoms with van der Waals surface area (Å²) in [7, 11) is 1.91. The number of para-hydroxylation sites is 2. The van der Waals surface area contributed by atoms with Gasteiger partial charge in [-0.1, -0.05) is 56.3 Å². The van der Waals surface area contributed by atoms with Crippen LogP contribution in [0.25, 0.3) is 0 Å². The van der Waals surface area contributed by atoms with E-state index in [1.165, 1.54) is 29.1 Å². The topological polar surface area (TPSA) is 18.8 Å². The Labute approximate surface area is 155 Å². The summed E-state index contributed by atoms with van der Waals surface area (Å²) in [5, 5.41) is 0. The molecule has 3 aliphatic rings. The zero-order chi connectivity index (χ0) is 18.1.